The number of fused-ring (bicyclic) bond motifs is 1. The van der Waals surface area contributed by atoms with Crippen molar-refractivity contribution >= 4 is 23.4 Å². The molecule has 0 unspecified atom stereocenters. The molecule has 0 fully saturated rings. The molecule has 0 bridgehead atoms. The van der Waals surface area contributed by atoms with Crippen LogP contribution in [0, 0.1) is 6.92 Å². The number of nitrogens with zero attached hydrogens (tertiary/aromatic N) is 2. The van der Waals surface area contributed by atoms with E-state index >= 15 is 0 Å². The number of anilines is 1. The Morgan fingerprint density at radius 1 is 1.42 bits per heavy atom. The number of carbonyl (C=O) groups is 1. The van der Waals surface area contributed by atoms with Crippen LogP contribution in [0.3, 0.4) is 0 Å². The Bertz CT molecular complexity index is 609. The summed E-state index contributed by atoms with van der Waals surface area (Å²) >= 11 is 1.79. The van der Waals surface area contributed by atoms with Gasteiger partial charge in [-0.2, -0.15) is 0 Å². The number of aryl methyl sites for hydroxylation is 1. The Labute approximate surface area is 115 Å². The van der Waals surface area contributed by atoms with Gasteiger partial charge >= 0.3 is 0 Å². The van der Waals surface area contributed by atoms with Crippen molar-refractivity contribution in [2.24, 2.45) is 0 Å². The maximum Gasteiger partial charge on any atom is 0.296 e. The summed E-state index contributed by atoms with van der Waals surface area (Å²) in [5.41, 5.74) is 1.69. The van der Waals surface area contributed by atoms with Gasteiger partial charge < -0.3 is 9.42 Å². The van der Waals surface area contributed by atoms with Crippen LogP contribution in [0.2, 0.25) is 0 Å². The van der Waals surface area contributed by atoms with Crippen molar-refractivity contribution in [1.29, 1.82) is 0 Å². The molecule has 2 heterocycles. The summed E-state index contributed by atoms with van der Waals surface area (Å²) in [5.74, 6) is 1.21. The van der Waals surface area contributed by atoms with Crippen molar-refractivity contribution in [2.75, 3.05) is 17.2 Å². The van der Waals surface area contributed by atoms with E-state index in [2.05, 4.69) is 11.2 Å². The molecule has 0 N–H and O–H groups in total. The lowest BCUT2D eigenvalue weighted by Crippen LogP contribution is -2.31. The summed E-state index contributed by atoms with van der Waals surface area (Å²) in [5, 5.41) is 3.78. The molecule has 4 nitrogen and oxygen atoms in total. The predicted octanol–water partition coefficient (Wildman–Crippen LogP) is 3.13. The van der Waals surface area contributed by atoms with Crippen LogP contribution < -0.4 is 4.90 Å². The lowest BCUT2D eigenvalue weighted by molar-refractivity contribution is 0.0951. The number of hydrogen-bond acceptors (Lipinski definition) is 4. The van der Waals surface area contributed by atoms with Crippen molar-refractivity contribution in [1.82, 2.24) is 5.16 Å². The van der Waals surface area contributed by atoms with Gasteiger partial charge in [0.1, 0.15) is 0 Å². The van der Waals surface area contributed by atoms with Crippen LogP contribution in [0.15, 0.2) is 39.8 Å². The fraction of sp³-hybridized carbons (Fsp3) is 0.286. The fourth-order valence-corrected chi connectivity index (χ4v) is 3.13. The Balaban J connectivity index is 1.98. The van der Waals surface area contributed by atoms with Crippen molar-refractivity contribution in [2.45, 2.75) is 18.2 Å². The second kappa shape index (κ2) is 5.09. The van der Waals surface area contributed by atoms with E-state index in [0.29, 0.717) is 12.3 Å². The molecule has 0 aliphatic carbocycles. The van der Waals surface area contributed by atoms with Crippen molar-refractivity contribution in [3.05, 3.63) is 41.8 Å². The number of amides is 1. The molecule has 19 heavy (non-hydrogen) atoms. The molecule has 0 spiro atoms. The van der Waals surface area contributed by atoms with E-state index in [1.54, 1.807) is 22.7 Å². The van der Waals surface area contributed by atoms with Gasteiger partial charge in [-0.1, -0.05) is 17.3 Å². The molecule has 1 aliphatic heterocycles. The van der Waals surface area contributed by atoms with E-state index in [0.717, 1.165) is 28.5 Å². The number of rotatable bonds is 1. The minimum absolute atomic E-state index is 0.115. The Morgan fingerprint density at radius 2 is 2.26 bits per heavy atom. The number of hydrogen-bond donors (Lipinski definition) is 0. The first kappa shape index (κ1) is 12.3. The molecule has 2 aromatic rings. The van der Waals surface area contributed by atoms with E-state index < -0.39 is 0 Å². The first-order valence-corrected chi connectivity index (χ1v) is 7.21. The quantitative estimate of drug-likeness (QED) is 0.801. The summed E-state index contributed by atoms with van der Waals surface area (Å²) in [6, 6.07) is 9.67. The molecule has 0 atom stereocenters. The SMILES string of the molecule is Cc1cc(C(=O)N2CCCSc3ccccc32)on1. The van der Waals surface area contributed by atoms with Gasteiger partial charge in [-0.3, -0.25) is 4.79 Å². The fourth-order valence-electron chi connectivity index (χ4n) is 2.14. The summed E-state index contributed by atoms with van der Waals surface area (Å²) in [6.45, 7) is 2.52. The molecular weight excluding hydrogens is 260 g/mol. The van der Waals surface area contributed by atoms with Crippen LogP contribution in [-0.2, 0) is 0 Å². The number of carbonyl (C=O) groups excluding carboxylic acids is 1. The minimum atomic E-state index is -0.115. The highest BCUT2D eigenvalue weighted by Crippen LogP contribution is 2.34. The zero-order valence-electron chi connectivity index (χ0n) is 10.6. The molecule has 1 aliphatic rings. The summed E-state index contributed by atoms with van der Waals surface area (Å²) < 4.78 is 5.09. The highest BCUT2D eigenvalue weighted by atomic mass is 32.2. The molecule has 3 rings (SSSR count). The van der Waals surface area contributed by atoms with E-state index in [1.165, 1.54) is 0 Å². The number of benzene rings is 1. The third kappa shape index (κ3) is 2.38. The first-order chi connectivity index (χ1) is 9.25. The van der Waals surface area contributed by atoms with Crippen molar-refractivity contribution in [3.63, 3.8) is 0 Å². The molecule has 1 aromatic carbocycles. The largest absolute Gasteiger partial charge is 0.351 e. The zero-order chi connectivity index (χ0) is 13.2. The molecule has 1 amide bonds. The Kier molecular flexibility index (Phi) is 3.29. The lowest BCUT2D eigenvalue weighted by atomic mass is 10.2. The monoisotopic (exact) mass is 274 g/mol. The smallest absolute Gasteiger partial charge is 0.296 e. The maximum absolute atomic E-state index is 12.5. The number of thioether (sulfide) groups is 1. The average molecular weight is 274 g/mol. The maximum atomic E-state index is 12.5. The normalized spacial score (nSPS) is 14.9. The molecule has 98 valence electrons. The summed E-state index contributed by atoms with van der Waals surface area (Å²) in [4.78, 5) is 15.4. The highest BCUT2D eigenvalue weighted by molar-refractivity contribution is 7.99. The van der Waals surface area contributed by atoms with Crippen LogP contribution in [0.25, 0.3) is 0 Å². The van der Waals surface area contributed by atoms with Crippen molar-refractivity contribution in [3.8, 4) is 0 Å². The third-order valence-electron chi connectivity index (χ3n) is 3.02. The molecular formula is C14H14N2O2S. The standard InChI is InChI=1S/C14H14N2O2S/c1-10-9-12(18-15-10)14(17)16-7-4-8-19-13-6-3-2-5-11(13)16/h2-3,5-6,9H,4,7-8H2,1H3. The van der Waals surface area contributed by atoms with Gasteiger partial charge in [-0.15, -0.1) is 11.8 Å². The molecule has 0 radical (unpaired) electrons. The van der Waals surface area contributed by atoms with Gasteiger partial charge in [0, 0.05) is 17.5 Å². The first-order valence-electron chi connectivity index (χ1n) is 6.23. The van der Waals surface area contributed by atoms with Gasteiger partial charge in [0.05, 0.1) is 11.4 Å². The Hall–Kier alpha value is -1.75. The Morgan fingerprint density at radius 3 is 3.05 bits per heavy atom. The van der Waals surface area contributed by atoms with Crippen LogP contribution in [-0.4, -0.2) is 23.4 Å². The second-order valence-electron chi connectivity index (χ2n) is 4.46. The van der Waals surface area contributed by atoms with Gasteiger partial charge in [-0.25, -0.2) is 0 Å². The van der Waals surface area contributed by atoms with Crippen LogP contribution in [0.1, 0.15) is 22.7 Å². The minimum Gasteiger partial charge on any atom is -0.351 e. The predicted molar refractivity (Wildman–Crippen MR) is 74.7 cm³/mol. The molecule has 0 saturated carbocycles. The van der Waals surface area contributed by atoms with Crippen LogP contribution >= 0.6 is 11.8 Å². The van der Waals surface area contributed by atoms with Gasteiger partial charge in [0.2, 0.25) is 5.76 Å². The average Bonchev–Trinajstić information content (AvgIpc) is 2.74. The second-order valence-corrected chi connectivity index (χ2v) is 5.60. The number of aromatic nitrogens is 1. The number of para-hydroxylation sites is 1. The van der Waals surface area contributed by atoms with E-state index in [4.69, 9.17) is 4.52 Å². The van der Waals surface area contributed by atoms with Gasteiger partial charge in [0.25, 0.3) is 5.91 Å². The van der Waals surface area contributed by atoms with Crippen LogP contribution in [0.5, 0.6) is 0 Å². The van der Waals surface area contributed by atoms with E-state index in [-0.39, 0.29) is 5.91 Å². The lowest BCUT2D eigenvalue weighted by Gasteiger charge is -2.20. The molecule has 0 saturated heterocycles. The van der Waals surface area contributed by atoms with Crippen LogP contribution in [0.4, 0.5) is 5.69 Å². The van der Waals surface area contributed by atoms with Crippen molar-refractivity contribution < 1.29 is 9.32 Å². The van der Waals surface area contributed by atoms with E-state index in [1.807, 2.05) is 25.1 Å². The topological polar surface area (TPSA) is 46.3 Å². The molecule has 1 aromatic heterocycles. The summed E-state index contributed by atoms with van der Waals surface area (Å²) in [7, 11) is 0. The van der Waals surface area contributed by atoms with Gasteiger partial charge in [-0.05, 0) is 31.2 Å². The zero-order valence-corrected chi connectivity index (χ0v) is 11.4. The van der Waals surface area contributed by atoms with Gasteiger partial charge in [0.15, 0.2) is 0 Å². The van der Waals surface area contributed by atoms with E-state index in [9.17, 15) is 4.79 Å². The summed E-state index contributed by atoms with van der Waals surface area (Å²) in [6.07, 6.45) is 0.970. The third-order valence-corrected chi connectivity index (χ3v) is 4.17. The molecule has 5 heteroatoms. The highest BCUT2D eigenvalue weighted by Gasteiger charge is 2.25.